The molecule has 9 heteroatoms. The molecular formula is C26H26N6O3. The number of nitrogens with zero attached hydrogens (tertiary/aromatic N) is 5. The van der Waals surface area contributed by atoms with Gasteiger partial charge in [-0.25, -0.2) is 18.4 Å². The Hall–Kier alpha value is -4.40. The van der Waals surface area contributed by atoms with Crippen molar-refractivity contribution in [3.8, 4) is 17.0 Å². The molecular weight excluding hydrogens is 444 g/mol. The summed E-state index contributed by atoms with van der Waals surface area (Å²) in [5.74, 6) is 0.643. The van der Waals surface area contributed by atoms with Crippen LogP contribution in [0.4, 0.5) is 5.69 Å². The van der Waals surface area contributed by atoms with Gasteiger partial charge in [-0.05, 0) is 36.6 Å². The first-order valence-corrected chi connectivity index (χ1v) is 11.5. The third-order valence-electron chi connectivity index (χ3n) is 5.82. The minimum Gasteiger partial charge on any atom is -0.492 e. The van der Waals surface area contributed by atoms with E-state index in [1.807, 2.05) is 31.2 Å². The van der Waals surface area contributed by atoms with E-state index in [9.17, 15) is 9.59 Å². The minimum atomic E-state index is -0.403. The zero-order valence-electron chi connectivity index (χ0n) is 19.8. The Morgan fingerprint density at radius 2 is 1.83 bits per heavy atom. The van der Waals surface area contributed by atoms with Crippen molar-refractivity contribution in [2.75, 3.05) is 11.9 Å². The molecule has 0 saturated carbocycles. The van der Waals surface area contributed by atoms with E-state index in [0.29, 0.717) is 35.1 Å². The lowest BCUT2D eigenvalue weighted by Crippen LogP contribution is -2.28. The monoisotopic (exact) mass is 470 g/mol. The van der Waals surface area contributed by atoms with Crippen molar-refractivity contribution in [3.63, 3.8) is 0 Å². The van der Waals surface area contributed by atoms with E-state index < -0.39 is 5.69 Å². The van der Waals surface area contributed by atoms with E-state index in [0.717, 1.165) is 15.9 Å². The Morgan fingerprint density at radius 1 is 1.06 bits per heavy atom. The molecule has 9 nitrogen and oxygen atoms in total. The predicted octanol–water partition coefficient (Wildman–Crippen LogP) is 3.97. The Kier molecular flexibility index (Phi) is 5.82. The number of hydrogen-bond acceptors (Lipinski definition) is 5. The SMILES string of the molecule is CCOc1ccccc1NC(=O)Cn1nc2c3cc(-c4ccc(C(C)C)cc4)nn3ccn2c1=O. The minimum absolute atomic E-state index is 0.231. The third kappa shape index (κ3) is 4.28. The van der Waals surface area contributed by atoms with Crippen LogP contribution < -0.4 is 15.7 Å². The Bertz CT molecular complexity index is 1580. The van der Waals surface area contributed by atoms with Crippen molar-refractivity contribution in [2.45, 2.75) is 33.2 Å². The average molecular weight is 471 g/mol. The largest absolute Gasteiger partial charge is 0.492 e. The fourth-order valence-electron chi connectivity index (χ4n) is 3.99. The highest BCUT2D eigenvalue weighted by Gasteiger charge is 2.16. The van der Waals surface area contributed by atoms with Gasteiger partial charge in [-0.3, -0.25) is 4.79 Å². The first kappa shape index (κ1) is 22.4. The van der Waals surface area contributed by atoms with Crippen LogP contribution in [0.25, 0.3) is 22.4 Å². The highest BCUT2D eigenvalue weighted by molar-refractivity contribution is 5.92. The van der Waals surface area contributed by atoms with Gasteiger partial charge in [-0.1, -0.05) is 50.2 Å². The summed E-state index contributed by atoms with van der Waals surface area (Å²) in [7, 11) is 0. The molecule has 1 amide bonds. The number of anilines is 1. The average Bonchev–Trinajstić information content (AvgIpc) is 3.42. The van der Waals surface area contributed by atoms with Crippen LogP contribution >= 0.6 is 0 Å². The van der Waals surface area contributed by atoms with Gasteiger partial charge >= 0.3 is 5.69 Å². The second kappa shape index (κ2) is 9.09. The number of nitrogens with one attached hydrogen (secondary N) is 1. The molecule has 3 aromatic heterocycles. The Labute approximate surface area is 201 Å². The quantitative estimate of drug-likeness (QED) is 0.388. The molecule has 5 aromatic rings. The van der Waals surface area contributed by atoms with E-state index in [-0.39, 0.29) is 12.5 Å². The molecule has 0 bridgehead atoms. The van der Waals surface area contributed by atoms with Gasteiger partial charge in [-0.2, -0.15) is 5.10 Å². The number of para-hydroxylation sites is 2. The molecule has 0 aliphatic heterocycles. The van der Waals surface area contributed by atoms with Crippen LogP contribution in [-0.2, 0) is 11.3 Å². The summed E-state index contributed by atoms with van der Waals surface area (Å²) in [6.45, 7) is 6.43. The number of fused-ring (bicyclic) bond motifs is 3. The van der Waals surface area contributed by atoms with Gasteiger partial charge in [0, 0.05) is 18.0 Å². The van der Waals surface area contributed by atoms with E-state index in [1.54, 1.807) is 35.1 Å². The highest BCUT2D eigenvalue weighted by atomic mass is 16.5. The molecule has 0 spiro atoms. The molecule has 2 aromatic carbocycles. The maximum atomic E-state index is 12.9. The highest BCUT2D eigenvalue weighted by Crippen LogP contribution is 2.25. The van der Waals surface area contributed by atoms with Crippen molar-refractivity contribution in [2.24, 2.45) is 0 Å². The molecule has 0 radical (unpaired) electrons. The van der Waals surface area contributed by atoms with Crippen LogP contribution in [0.15, 0.2) is 71.8 Å². The lowest BCUT2D eigenvalue weighted by atomic mass is 10.0. The maximum absolute atomic E-state index is 12.9. The summed E-state index contributed by atoms with van der Waals surface area (Å²) in [5.41, 5.74) is 4.26. The lowest BCUT2D eigenvalue weighted by molar-refractivity contribution is -0.117. The number of rotatable bonds is 7. The van der Waals surface area contributed by atoms with E-state index in [1.165, 1.54) is 9.96 Å². The molecule has 0 aliphatic carbocycles. The van der Waals surface area contributed by atoms with Crippen LogP contribution in [0, 0.1) is 0 Å². The fraction of sp³-hybridized carbons (Fsp3) is 0.231. The summed E-state index contributed by atoms with van der Waals surface area (Å²) in [6.07, 6.45) is 3.31. The number of amides is 1. The van der Waals surface area contributed by atoms with Gasteiger partial charge in [0.2, 0.25) is 5.91 Å². The van der Waals surface area contributed by atoms with Gasteiger partial charge in [0.1, 0.15) is 17.8 Å². The molecule has 0 saturated heterocycles. The van der Waals surface area contributed by atoms with Gasteiger partial charge in [0.05, 0.1) is 18.0 Å². The van der Waals surface area contributed by atoms with Crippen LogP contribution in [-0.4, -0.2) is 36.3 Å². The third-order valence-corrected chi connectivity index (χ3v) is 5.82. The number of hydrogen-bond donors (Lipinski definition) is 1. The number of benzene rings is 2. The standard InChI is InChI=1S/C26H26N6O3/c1-4-35-23-8-6-5-7-20(23)27-24(33)16-32-26(34)30-13-14-31-22(25(30)29-32)15-21(28-31)19-11-9-18(10-12-19)17(2)3/h5-15,17H,4,16H2,1-3H3,(H,27,33). The normalized spacial score (nSPS) is 11.4. The number of carbonyl (C=O) groups is 1. The van der Waals surface area contributed by atoms with Crippen molar-refractivity contribution >= 4 is 22.8 Å². The number of carbonyl (C=O) groups excluding carboxylic acids is 1. The van der Waals surface area contributed by atoms with E-state index >= 15 is 0 Å². The summed E-state index contributed by atoms with van der Waals surface area (Å²) < 4.78 is 9.81. The fourth-order valence-corrected chi connectivity index (χ4v) is 3.99. The molecule has 0 atom stereocenters. The molecule has 178 valence electrons. The smallest absolute Gasteiger partial charge is 0.350 e. The first-order valence-electron chi connectivity index (χ1n) is 11.5. The van der Waals surface area contributed by atoms with E-state index in [4.69, 9.17) is 4.74 Å². The second-order valence-electron chi connectivity index (χ2n) is 8.55. The Morgan fingerprint density at radius 3 is 2.57 bits per heavy atom. The van der Waals surface area contributed by atoms with Crippen molar-refractivity contribution in [1.82, 2.24) is 23.8 Å². The van der Waals surface area contributed by atoms with Crippen molar-refractivity contribution in [3.05, 3.63) is 83.0 Å². The summed E-state index contributed by atoms with van der Waals surface area (Å²) >= 11 is 0. The predicted molar refractivity (Wildman–Crippen MR) is 134 cm³/mol. The zero-order valence-corrected chi connectivity index (χ0v) is 19.8. The van der Waals surface area contributed by atoms with E-state index in [2.05, 4.69) is 41.5 Å². The molecule has 0 fully saturated rings. The molecule has 0 unspecified atom stereocenters. The molecule has 1 N–H and O–H groups in total. The zero-order chi connectivity index (χ0) is 24.5. The van der Waals surface area contributed by atoms with Crippen LogP contribution in [0.3, 0.4) is 0 Å². The lowest BCUT2D eigenvalue weighted by Gasteiger charge is -2.10. The van der Waals surface area contributed by atoms with Gasteiger partial charge in [-0.15, -0.1) is 5.10 Å². The Balaban J connectivity index is 1.45. The van der Waals surface area contributed by atoms with Gasteiger partial charge in [0.25, 0.3) is 0 Å². The molecule has 3 heterocycles. The molecule has 0 aliphatic rings. The summed E-state index contributed by atoms with van der Waals surface area (Å²) in [4.78, 5) is 25.6. The topological polar surface area (TPSA) is 94.9 Å². The van der Waals surface area contributed by atoms with Crippen molar-refractivity contribution in [1.29, 1.82) is 0 Å². The van der Waals surface area contributed by atoms with Crippen molar-refractivity contribution < 1.29 is 9.53 Å². The van der Waals surface area contributed by atoms with Crippen LogP contribution in [0.1, 0.15) is 32.3 Å². The number of aromatic nitrogens is 5. The molecule has 35 heavy (non-hydrogen) atoms. The first-order chi connectivity index (χ1) is 16.9. The summed E-state index contributed by atoms with van der Waals surface area (Å²) in [6, 6.07) is 17.3. The second-order valence-corrected chi connectivity index (χ2v) is 8.55. The summed E-state index contributed by atoms with van der Waals surface area (Å²) in [5, 5.41) is 11.9. The molecule has 5 rings (SSSR count). The van der Waals surface area contributed by atoms with Crippen LogP contribution in [0.2, 0.25) is 0 Å². The maximum Gasteiger partial charge on any atom is 0.350 e. The van der Waals surface area contributed by atoms with Crippen LogP contribution in [0.5, 0.6) is 5.75 Å². The number of ether oxygens (including phenoxy) is 1. The van der Waals surface area contributed by atoms with Gasteiger partial charge in [0.15, 0.2) is 5.65 Å². The van der Waals surface area contributed by atoms with Gasteiger partial charge < -0.3 is 10.1 Å².